The number of rotatable bonds is 5. The molecule has 2 N–H and O–H groups in total. The summed E-state index contributed by atoms with van der Waals surface area (Å²) in [7, 11) is 1.68. The second kappa shape index (κ2) is 9.53. The van der Waals surface area contributed by atoms with Gasteiger partial charge in [0.15, 0.2) is 0 Å². The average molecular weight is 397 g/mol. The van der Waals surface area contributed by atoms with E-state index in [9.17, 15) is 0 Å². The zero-order valence-electron chi connectivity index (χ0n) is 15.9. The van der Waals surface area contributed by atoms with Gasteiger partial charge >= 0.3 is 0 Å². The van der Waals surface area contributed by atoms with Crippen molar-refractivity contribution in [2.75, 3.05) is 25.5 Å². The van der Waals surface area contributed by atoms with E-state index in [-0.39, 0.29) is 12.4 Å². The molecule has 2 heterocycles. The standard InChI is InChI=1S/C22H24N4O.ClH/c1-27-18-9-7-17(8-10-18)24-22-19-11-13-23-14-12-20(19)25-21(26-22)15-16-5-3-2-4-6-16;/h2-10,23H,11-15H2,1H3,(H,24,25,26);1H. The van der Waals surface area contributed by atoms with Gasteiger partial charge < -0.3 is 15.4 Å². The summed E-state index contributed by atoms with van der Waals surface area (Å²) in [5, 5.41) is 6.96. The highest BCUT2D eigenvalue weighted by atomic mass is 35.5. The molecule has 0 atom stereocenters. The number of ether oxygens (including phenoxy) is 1. The first-order valence-electron chi connectivity index (χ1n) is 9.36. The lowest BCUT2D eigenvalue weighted by molar-refractivity contribution is 0.415. The van der Waals surface area contributed by atoms with E-state index in [0.717, 1.165) is 61.1 Å². The summed E-state index contributed by atoms with van der Waals surface area (Å²) in [5.41, 5.74) is 4.59. The number of halogens is 1. The van der Waals surface area contributed by atoms with Gasteiger partial charge in [-0.2, -0.15) is 0 Å². The maximum absolute atomic E-state index is 5.25. The van der Waals surface area contributed by atoms with Gasteiger partial charge in [0.05, 0.1) is 12.8 Å². The van der Waals surface area contributed by atoms with Gasteiger partial charge in [0.25, 0.3) is 0 Å². The first kappa shape index (κ1) is 20.1. The number of hydrogen-bond acceptors (Lipinski definition) is 5. The molecule has 0 radical (unpaired) electrons. The molecule has 0 aliphatic carbocycles. The van der Waals surface area contributed by atoms with E-state index in [4.69, 9.17) is 14.7 Å². The van der Waals surface area contributed by atoms with Crippen LogP contribution < -0.4 is 15.4 Å². The molecule has 1 aliphatic heterocycles. The Hall–Kier alpha value is -2.63. The molecule has 146 valence electrons. The first-order chi connectivity index (χ1) is 13.3. The monoisotopic (exact) mass is 396 g/mol. The second-order valence-corrected chi connectivity index (χ2v) is 6.68. The first-order valence-corrected chi connectivity index (χ1v) is 9.36. The summed E-state index contributed by atoms with van der Waals surface area (Å²) in [6, 6.07) is 18.3. The lowest BCUT2D eigenvalue weighted by atomic mass is 10.1. The molecule has 28 heavy (non-hydrogen) atoms. The van der Waals surface area contributed by atoms with Crippen molar-refractivity contribution in [2.24, 2.45) is 0 Å². The highest BCUT2D eigenvalue weighted by Crippen LogP contribution is 2.25. The molecule has 0 saturated heterocycles. The zero-order chi connectivity index (χ0) is 18.5. The quantitative estimate of drug-likeness (QED) is 0.684. The Morgan fingerprint density at radius 1 is 0.964 bits per heavy atom. The van der Waals surface area contributed by atoms with Gasteiger partial charge in [0.1, 0.15) is 17.4 Å². The molecule has 1 aliphatic rings. The van der Waals surface area contributed by atoms with E-state index in [1.54, 1.807) is 7.11 Å². The number of anilines is 2. The van der Waals surface area contributed by atoms with Crippen LogP contribution in [-0.4, -0.2) is 30.2 Å². The van der Waals surface area contributed by atoms with Gasteiger partial charge in [0, 0.05) is 30.6 Å². The lowest BCUT2D eigenvalue weighted by Gasteiger charge is -2.15. The van der Waals surface area contributed by atoms with Crippen molar-refractivity contribution in [3.05, 3.63) is 77.2 Å². The third-order valence-corrected chi connectivity index (χ3v) is 4.79. The van der Waals surface area contributed by atoms with Crippen molar-refractivity contribution in [1.29, 1.82) is 0 Å². The molecule has 0 bridgehead atoms. The van der Waals surface area contributed by atoms with Crippen LogP contribution in [0.2, 0.25) is 0 Å². The molecule has 4 rings (SSSR count). The third-order valence-electron chi connectivity index (χ3n) is 4.79. The fourth-order valence-electron chi connectivity index (χ4n) is 3.37. The van der Waals surface area contributed by atoms with Crippen LogP contribution in [0.15, 0.2) is 54.6 Å². The number of methoxy groups -OCH3 is 1. The van der Waals surface area contributed by atoms with E-state index in [2.05, 4.69) is 34.9 Å². The van der Waals surface area contributed by atoms with Gasteiger partial charge in [-0.1, -0.05) is 30.3 Å². The van der Waals surface area contributed by atoms with E-state index in [1.165, 1.54) is 11.1 Å². The highest BCUT2D eigenvalue weighted by molar-refractivity contribution is 5.85. The minimum Gasteiger partial charge on any atom is -0.497 e. The SMILES string of the molecule is COc1ccc(Nc2nc(Cc3ccccc3)nc3c2CCNCC3)cc1.Cl. The average Bonchev–Trinajstić information content (AvgIpc) is 2.95. The summed E-state index contributed by atoms with van der Waals surface area (Å²) < 4.78 is 5.25. The molecule has 0 saturated carbocycles. The van der Waals surface area contributed by atoms with Crippen LogP contribution in [0.3, 0.4) is 0 Å². The zero-order valence-corrected chi connectivity index (χ0v) is 16.8. The Morgan fingerprint density at radius 2 is 1.71 bits per heavy atom. The topological polar surface area (TPSA) is 59.1 Å². The summed E-state index contributed by atoms with van der Waals surface area (Å²) in [4.78, 5) is 9.77. The van der Waals surface area contributed by atoms with Crippen molar-refractivity contribution in [2.45, 2.75) is 19.3 Å². The van der Waals surface area contributed by atoms with Crippen LogP contribution >= 0.6 is 12.4 Å². The predicted octanol–water partition coefficient (Wildman–Crippen LogP) is 3.93. The molecule has 0 spiro atoms. The molecule has 6 heteroatoms. The molecule has 3 aromatic rings. The molecule has 0 amide bonds. The lowest BCUT2D eigenvalue weighted by Crippen LogP contribution is -2.16. The third kappa shape index (κ3) is 4.80. The number of nitrogens with one attached hydrogen (secondary N) is 2. The van der Waals surface area contributed by atoms with Crippen molar-refractivity contribution in [3.8, 4) is 5.75 Å². The molecular formula is C22H25ClN4O. The van der Waals surface area contributed by atoms with Crippen LogP contribution in [0, 0.1) is 0 Å². The largest absolute Gasteiger partial charge is 0.497 e. The Kier molecular flexibility index (Phi) is 6.85. The number of hydrogen-bond donors (Lipinski definition) is 2. The molecule has 0 unspecified atom stereocenters. The Bertz CT molecular complexity index is 900. The Balaban J connectivity index is 0.00000225. The van der Waals surface area contributed by atoms with E-state index >= 15 is 0 Å². The van der Waals surface area contributed by atoms with Gasteiger partial charge in [-0.25, -0.2) is 9.97 Å². The van der Waals surface area contributed by atoms with Gasteiger partial charge in [0.2, 0.25) is 0 Å². The number of aromatic nitrogens is 2. The normalized spacial score (nSPS) is 13.0. The van der Waals surface area contributed by atoms with E-state index < -0.39 is 0 Å². The Labute approximate surface area is 172 Å². The maximum atomic E-state index is 5.25. The molecule has 0 fully saturated rings. The van der Waals surface area contributed by atoms with Crippen LogP contribution in [0.5, 0.6) is 5.75 Å². The summed E-state index contributed by atoms with van der Waals surface area (Å²) >= 11 is 0. The van der Waals surface area contributed by atoms with Crippen LogP contribution in [0.1, 0.15) is 22.6 Å². The minimum atomic E-state index is 0. The second-order valence-electron chi connectivity index (χ2n) is 6.68. The number of benzene rings is 2. The van der Waals surface area contributed by atoms with Crippen LogP contribution in [0.25, 0.3) is 0 Å². The summed E-state index contributed by atoms with van der Waals surface area (Å²) in [6.07, 6.45) is 2.59. The van der Waals surface area contributed by atoms with Crippen molar-refractivity contribution >= 4 is 23.9 Å². The van der Waals surface area contributed by atoms with Gasteiger partial charge in [-0.05, 0) is 42.8 Å². The molecule has 5 nitrogen and oxygen atoms in total. The summed E-state index contributed by atoms with van der Waals surface area (Å²) in [5.74, 6) is 2.62. The Morgan fingerprint density at radius 3 is 2.46 bits per heavy atom. The minimum absolute atomic E-state index is 0. The fraction of sp³-hybridized carbons (Fsp3) is 0.273. The van der Waals surface area contributed by atoms with Crippen LogP contribution in [0.4, 0.5) is 11.5 Å². The smallest absolute Gasteiger partial charge is 0.137 e. The fourth-order valence-corrected chi connectivity index (χ4v) is 3.37. The van der Waals surface area contributed by atoms with Crippen LogP contribution in [-0.2, 0) is 19.3 Å². The van der Waals surface area contributed by atoms with Crippen molar-refractivity contribution < 1.29 is 4.74 Å². The van der Waals surface area contributed by atoms with E-state index in [0.29, 0.717) is 0 Å². The maximum Gasteiger partial charge on any atom is 0.137 e. The van der Waals surface area contributed by atoms with Gasteiger partial charge in [-0.15, -0.1) is 12.4 Å². The number of nitrogens with zero attached hydrogens (tertiary/aromatic N) is 2. The van der Waals surface area contributed by atoms with Gasteiger partial charge in [-0.3, -0.25) is 0 Å². The highest BCUT2D eigenvalue weighted by Gasteiger charge is 2.17. The predicted molar refractivity (Wildman–Crippen MR) is 115 cm³/mol. The molecular weight excluding hydrogens is 372 g/mol. The molecule has 2 aromatic carbocycles. The summed E-state index contributed by atoms with van der Waals surface area (Å²) in [6.45, 7) is 1.91. The van der Waals surface area contributed by atoms with Crippen molar-refractivity contribution in [3.63, 3.8) is 0 Å². The molecule has 1 aromatic heterocycles. The van der Waals surface area contributed by atoms with E-state index in [1.807, 2.05) is 30.3 Å². The van der Waals surface area contributed by atoms with Crippen molar-refractivity contribution in [1.82, 2.24) is 15.3 Å². The number of fused-ring (bicyclic) bond motifs is 1.